The Hall–Kier alpha value is -3.19. The number of carbonyl (C=O) groups is 1. The largest absolute Gasteiger partial charge is 0.422 e. The van der Waals surface area contributed by atoms with Gasteiger partial charge < -0.3 is 9.73 Å². The van der Waals surface area contributed by atoms with Gasteiger partial charge in [-0.05, 0) is 29.8 Å². The Kier molecular flexibility index (Phi) is 4.60. The summed E-state index contributed by atoms with van der Waals surface area (Å²) >= 11 is 3.40. The number of rotatable bonds is 4. The average molecular weight is 424 g/mol. The number of fused-ring (bicyclic) bond motifs is 1. The number of amides is 1. The number of aromatic nitrogens is 2. The zero-order chi connectivity index (χ0) is 18.8. The number of hydrogen-bond donors (Lipinski definition) is 1. The molecule has 2 heterocycles. The smallest absolute Gasteiger partial charge is 0.349 e. The first-order valence-corrected chi connectivity index (χ1v) is 9.00. The number of halogens is 1. The van der Waals surface area contributed by atoms with Gasteiger partial charge in [-0.1, -0.05) is 46.3 Å². The van der Waals surface area contributed by atoms with Gasteiger partial charge in [0.25, 0.3) is 5.91 Å². The molecular weight excluding hydrogens is 410 g/mol. The molecule has 1 N–H and O–H groups in total. The van der Waals surface area contributed by atoms with Crippen LogP contribution < -0.4 is 10.9 Å². The van der Waals surface area contributed by atoms with Crippen LogP contribution in [0.5, 0.6) is 0 Å². The van der Waals surface area contributed by atoms with Gasteiger partial charge in [0.15, 0.2) is 0 Å². The molecule has 4 aromatic rings. The maximum atomic E-state index is 12.6. The van der Waals surface area contributed by atoms with Gasteiger partial charge in [-0.25, -0.2) is 9.48 Å². The van der Waals surface area contributed by atoms with E-state index in [2.05, 4.69) is 26.3 Å². The van der Waals surface area contributed by atoms with E-state index in [1.165, 1.54) is 6.07 Å². The lowest BCUT2D eigenvalue weighted by molar-refractivity contribution is 0.102. The number of para-hydroxylation sites is 1. The van der Waals surface area contributed by atoms with E-state index in [0.29, 0.717) is 23.3 Å². The molecule has 0 radical (unpaired) electrons. The van der Waals surface area contributed by atoms with Crippen molar-refractivity contribution in [3.8, 4) is 0 Å². The Labute approximate surface area is 162 Å². The van der Waals surface area contributed by atoms with E-state index < -0.39 is 11.5 Å². The van der Waals surface area contributed by atoms with Crippen molar-refractivity contribution >= 4 is 38.6 Å². The van der Waals surface area contributed by atoms with Gasteiger partial charge in [0, 0.05) is 15.9 Å². The van der Waals surface area contributed by atoms with Crippen LogP contribution in [-0.4, -0.2) is 15.7 Å². The molecule has 0 atom stereocenters. The van der Waals surface area contributed by atoms with E-state index in [-0.39, 0.29) is 5.56 Å². The van der Waals surface area contributed by atoms with Gasteiger partial charge in [0.05, 0.1) is 12.7 Å². The van der Waals surface area contributed by atoms with E-state index in [1.807, 2.05) is 30.3 Å². The Bertz CT molecular complexity index is 1180. The number of anilines is 1. The summed E-state index contributed by atoms with van der Waals surface area (Å²) in [7, 11) is 0. The third-order valence-corrected chi connectivity index (χ3v) is 4.62. The predicted molar refractivity (Wildman–Crippen MR) is 106 cm³/mol. The Morgan fingerprint density at radius 2 is 1.89 bits per heavy atom. The molecule has 0 bridgehead atoms. The topological polar surface area (TPSA) is 77.1 Å². The van der Waals surface area contributed by atoms with Crippen LogP contribution in [-0.2, 0) is 6.54 Å². The van der Waals surface area contributed by atoms with Crippen LogP contribution in [0.25, 0.3) is 11.0 Å². The number of carbonyl (C=O) groups excluding carboxylic acids is 1. The highest BCUT2D eigenvalue weighted by Crippen LogP contribution is 2.16. The van der Waals surface area contributed by atoms with Crippen molar-refractivity contribution in [1.29, 1.82) is 0 Å². The van der Waals surface area contributed by atoms with Crippen LogP contribution in [0.3, 0.4) is 0 Å². The molecule has 2 aromatic heterocycles. The molecule has 0 aliphatic heterocycles. The van der Waals surface area contributed by atoms with Crippen LogP contribution in [0.1, 0.15) is 15.9 Å². The highest BCUT2D eigenvalue weighted by molar-refractivity contribution is 9.10. The molecule has 2 aromatic carbocycles. The highest BCUT2D eigenvalue weighted by atomic mass is 79.9. The van der Waals surface area contributed by atoms with Crippen molar-refractivity contribution < 1.29 is 9.21 Å². The molecule has 0 aliphatic rings. The normalized spacial score (nSPS) is 10.9. The third kappa shape index (κ3) is 3.68. The van der Waals surface area contributed by atoms with Crippen molar-refractivity contribution in [2.75, 3.05) is 5.32 Å². The van der Waals surface area contributed by atoms with Crippen LogP contribution in [0.2, 0.25) is 0 Å². The average Bonchev–Trinajstić information content (AvgIpc) is 3.09. The number of nitrogens with one attached hydrogen (secondary N) is 1. The summed E-state index contributed by atoms with van der Waals surface area (Å²) < 4.78 is 7.87. The van der Waals surface area contributed by atoms with Gasteiger partial charge >= 0.3 is 5.63 Å². The Morgan fingerprint density at radius 1 is 1.11 bits per heavy atom. The monoisotopic (exact) mass is 423 g/mol. The van der Waals surface area contributed by atoms with Gasteiger partial charge in [-0.3, -0.25) is 4.79 Å². The first kappa shape index (κ1) is 17.2. The lowest BCUT2D eigenvalue weighted by Crippen LogP contribution is -2.22. The van der Waals surface area contributed by atoms with Crippen molar-refractivity contribution in [2.45, 2.75) is 6.54 Å². The number of hydrogen-bond acceptors (Lipinski definition) is 4. The zero-order valence-corrected chi connectivity index (χ0v) is 15.6. The minimum absolute atomic E-state index is 0.0508. The first-order valence-electron chi connectivity index (χ1n) is 8.21. The van der Waals surface area contributed by atoms with Gasteiger partial charge in [0.1, 0.15) is 17.0 Å². The second kappa shape index (κ2) is 7.20. The summed E-state index contributed by atoms with van der Waals surface area (Å²) in [5.74, 6) is -0.0393. The lowest BCUT2D eigenvalue weighted by atomic mass is 10.2. The van der Waals surface area contributed by atoms with Crippen molar-refractivity contribution in [2.24, 2.45) is 0 Å². The van der Waals surface area contributed by atoms with Crippen LogP contribution in [0, 0.1) is 0 Å². The van der Waals surface area contributed by atoms with Crippen molar-refractivity contribution in [3.63, 3.8) is 0 Å². The molecule has 7 heteroatoms. The summed E-state index contributed by atoms with van der Waals surface area (Å²) in [5.41, 5.74) is 0.747. The lowest BCUT2D eigenvalue weighted by Gasteiger charge is -2.09. The molecular formula is C20H14BrN3O3. The van der Waals surface area contributed by atoms with Crippen LogP contribution in [0.4, 0.5) is 5.82 Å². The standard InChI is InChI=1S/C20H14BrN3O3/c21-15-7-5-13(6-8-15)12-24-18(9-10-22-24)23-19(25)16-11-14-3-1-2-4-17(14)27-20(16)26/h1-11H,12H2,(H,23,25). The van der Waals surface area contributed by atoms with Crippen molar-refractivity contribution in [1.82, 2.24) is 9.78 Å². The SMILES string of the molecule is O=C(Nc1ccnn1Cc1ccc(Br)cc1)c1cc2ccccc2oc1=O. The van der Waals surface area contributed by atoms with E-state index in [9.17, 15) is 9.59 Å². The second-order valence-corrected chi connectivity index (χ2v) is 6.86. The molecule has 6 nitrogen and oxygen atoms in total. The van der Waals surface area contributed by atoms with Crippen LogP contribution >= 0.6 is 15.9 Å². The summed E-state index contributed by atoms with van der Waals surface area (Å²) in [5, 5.41) is 7.66. The third-order valence-electron chi connectivity index (χ3n) is 4.09. The molecule has 0 unspecified atom stereocenters. The fraction of sp³-hybridized carbons (Fsp3) is 0.0500. The molecule has 0 saturated carbocycles. The fourth-order valence-corrected chi connectivity index (χ4v) is 3.00. The maximum Gasteiger partial charge on any atom is 0.349 e. The van der Waals surface area contributed by atoms with Gasteiger partial charge in [-0.15, -0.1) is 0 Å². The summed E-state index contributed by atoms with van der Waals surface area (Å²) in [6, 6.07) is 18.1. The molecule has 0 aliphatic carbocycles. The van der Waals surface area contributed by atoms with Crippen LogP contribution in [0.15, 0.2) is 80.5 Å². The molecule has 4 rings (SSSR count). The summed E-state index contributed by atoms with van der Waals surface area (Å²) in [6.45, 7) is 0.488. The van der Waals surface area contributed by atoms with Gasteiger partial charge in [0.2, 0.25) is 0 Å². The molecule has 0 spiro atoms. The summed E-state index contributed by atoms with van der Waals surface area (Å²) in [4.78, 5) is 24.8. The number of benzene rings is 2. The van der Waals surface area contributed by atoms with Gasteiger partial charge in [-0.2, -0.15) is 5.10 Å². The molecule has 134 valence electrons. The highest BCUT2D eigenvalue weighted by Gasteiger charge is 2.15. The molecule has 27 heavy (non-hydrogen) atoms. The number of nitrogens with zero attached hydrogens (tertiary/aromatic N) is 2. The van der Waals surface area contributed by atoms with E-state index in [0.717, 1.165) is 10.0 Å². The Balaban J connectivity index is 1.59. The van der Waals surface area contributed by atoms with E-state index in [4.69, 9.17) is 4.42 Å². The maximum absolute atomic E-state index is 12.6. The van der Waals surface area contributed by atoms with E-state index >= 15 is 0 Å². The molecule has 1 amide bonds. The minimum Gasteiger partial charge on any atom is -0.422 e. The molecule has 0 saturated heterocycles. The second-order valence-electron chi connectivity index (χ2n) is 5.94. The molecule has 0 fully saturated rings. The first-order chi connectivity index (χ1) is 13.1. The summed E-state index contributed by atoms with van der Waals surface area (Å²) in [6.07, 6.45) is 1.59. The van der Waals surface area contributed by atoms with E-state index in [1.54, 1.807) is 35.1 Å². The zero-order valence-electron chi connectivity index (χ0n) is 14.1. The van der Waals surface area contributed by atoms with Crippen molar-refractivity contribution in [3.05, 3.63) is 92.9 Å². The fourth-order valence-electron chi connectivity index (χ4n) is 2.73. The predicted octanol–water partition coefficient (Wildman–Crippen LogP) is 4.05. The quantitative estimate of drug-likeness (QED) is 0.502. The minimum atomic E-state index is -0.676. The Morgan fingerprint density at radius 3 is 2.70 bits per heavy atom.